The minimum absolute atomic E-state index is 0.112. The normalized spacial score (nSPS) is 18.5. The van der Waals surface area contributed by atoms with E-state index in [1.807, 2.05) is 0 Å². The Morgan fingerprint density at radius 3 is 2.73 bits per heavy atom. The summed E-state index contributed by atoms with van der Waals surface area (Å²) < 4.78 is 46.8. The van der Waals surface area contributed by atoms with Crippen molar-refractivity contribution in [3.63, 3.8) is 0 Å². The van der Waals surface area contributed by atoms with E-state index < -0.39 is 29.9 Å². The van der Waals surface area contributed by atoms with Gasteiger partial charge in [-0.15, -0.1) is 0 Å². The Labute approximate surface area is 185 Å². The van der Waals surface area contributed by atoms with E-state index in [1.165, 1.54) is 17.3 Å². The van der Waals surface area contributed by atoms with Crippen LogP contribution in [0.1, 0.15) is 46.4 Å². The van der Waals surface area contributed by atoms with Crippen LogP contribution in [-0.4, -0.2) is 48.8 Å². The van der Waals surface area contributed by atoms with Gasteiger partial charge in [0.1, 0.15) is 28.2 Å². The average Bonchev–Trinajstić information content (AvgIpc) is 3.29. The van der Waals surface area contributed by atoms with Gasteiger partial charge in [-0.1, -0.05) is 0 Å². The molecule has 4 aromatic rings. The van der Waals surface area contributed by atoms with E-state index in [1.54, 1.807) is 37.0 Å². The first kappa shape index (κ1) is 21.1. The number of nitrogen functional groups attached to an aromatic ring is 1. The predicted molar refractivity (Wildman–Crippen MR) is 111 cm³/mol. The van der Waals surface area contributed by atoms with Crippen LogP contribution in [0.2, 0.25) is 0 Å². The van der Waals surface area contributed by atoms with Gasteiger partial charge in [0.25, 0.3) is 5.91 Å². The van der Waals surface area contributed by atoms with Gasteiger partial charge in [-0.2, -0.15) is 13.2 Å². The molecule has 2 atom stereocenters. The second-order valence-electron chi connectivity index (χ2n) is 7.81. The fraction of sp³-hybridized carbons (Fsp3) is 0.286. The summed E-state index contributed by atoms with van der Waals surface area (Å²) in [5.41, 5.74) is 7.59. The van der Waals surface area contributed by atoms with Crippen molar-refractivity contribution in [1.29, 1.82) is 0 Å². The van der Waals surface area contributed by atoms with Gasteiger partial charge in [-0.25, -0.2) is 15.0 Å². The van der Waals surface area contributed by atoms with Crippen molar-refractivity contribution < 1.29 is 22.7 Å². The van der Waals surface area contributed by atoms with Gasteiger partial charge in [0.2, 0.25) is 0 Å². The molecule has 1 amide bonds. The number of hydrogen-bond acceptors (Lipinski definition) is 7. The summed E-state index contributed by atoms with van der Waals surface area (Å²) >= 11 is 0. The van der Waals surface area contributed by atoms with E-state index >= 15 is 0 Å². The second kappa shape index (κ2) is 7.37. The summed E-state index contributed by atoms with van der Waals surface area (Å²) in [4.78, 5) is 30.8. The van der Waals surface area contributed by atoms with Crippen LogP contribution in [-0.2, 0) is 10.9 Å². The first-order chi connectivity index (χ1) is 15.6. The van der Waals surface area contributed by atoms with Crippen LogP contribution >= 0.6 is 0 Å². The second-order valence-corrected chi connectivity index (χ2v) is 7.81. The topological polar surface area (TPSA) is 112 Å². The number of pyridine rings is 2. The lowest BCUT2D eigenvalue weighted by atomic mass is 9.95. The van der Waals surface area contributed by atoms with Gasteiger partial charge in [-0.3, -0.25) is 14.2 Å². The van der Waals surface area contributed by atoms with Crippen molar-refractivity contribution in [2.75, 3.05) is 19.4 Å². The summed E-state index contributed by atoms with van der Waals surface area (Å²) in [7, 11) is 1.55. The molecule has 0 unspecified atom stereocenters. The maximum absolute atomic E-state index is 13.3. The van der Waals surface area contributed by atoms with Crippen molar-refractivity contribution in [2.45, 2.75) is 25.2 Å². The molecule has 12 heteroatoms. The largest absolute Gasteiger partial charge is 0.433 e. The third-order valence-electron chi connectivity index (χ3n) is 5.83. The maximum Gasteiger partial charge on any atom is 0.433 e. The molecule has 0 saturated heterocycles. The molecule has 1 aliphatic rings. The average molecular weight is 457 g/mol. The van der Waals surface area contributed by atoms with Crippen molar-refractivity contribution >= 4 is 28.3 Å². The van der Waals surface area contributed by atoms with Crippen LogP contribution in [0.5, 0.6) is 0 Å². The van der Waals surface area contributed by atoms with Crippen LogP contribution in [0.25, 0.3) is 16.6 Å². The lowest BCUT2D eigenvalue weighted by molar-refractivity contribution is -0.141. The summed E-state index contributed by atoms with van der Waals surface area (Å²) in [5.74, 6) is -0.148. The molecule has 9 nitrogen and oxygen atoms in total. The zero-order chi connectivity index (χ0) is 23.5. The number of alkyl halides is 3. The number of likely N-dealkylation sites (N-methyl/N-ethyl adjacent to an activating group) is 1. The number of nitrogens with two attached hydrogens (primary N) is 1. The van der Waals surface area contributed by atoms with Crippen LogP contribution in [0, 0.1) is 0 Å². The summed E-state index contributed by atoms with van der Waals surface area (Å²) in [5, 5.41) is 0. The fourth-order valence-electron chi connectivity index (χ4n) is 4.02. The van der Waals surface area contributed by atoms with E-state index in [4.69, 9.17) is 10.5 Å². The van der Waals surface area contributed by atoms with Crippen molar-refractivity contribution in [3.05, 3.63) is 59.6 Å². The predicted octanol–water partition coefficient (Wildman–Crippen LogP) is 3.18. The monoisotopic (exact) mass is 457 g/mol. The smallest absolute Gasteiger partial charge is 0.382 e. The Balaban J connectivity index is 1.52. The van der Waals surface area contributed by atoms with Crippen LogP contribution in [0.4, 0.5) is 19.0 Å². The molecule has 0 bridgehead atoms. The Morgan fingerprint density at radius 1 is 1.18 bits per heavy atom. The number of carbonyl (C=O) groups excluding carboxylic acids is 1. The number of carbonyl (C=O) groups is 1. The first-order valence-electron chi connectivity index (χ1n) is 9.98. The Bertz CT molecular complexity index is 1400. The minimum Gasteiger partial charge on any atom is -0.382 e. The number of halogens is 3. The molecule has 170 valence electrons. The number of imidazole rings is 1. The standard InChI is InChI=1S/C21H18F3N7O2/c1-10-11-3-18(21(22,23)24)28-5-12(11)17(8-33-10)30(2)20(32)13-4-15-14(6-27-13)29-19(25)16-7-26-9-31(15)16/h3-7,9-10,17H,8H2,1-2H3,(H2,25,29)/t10-,17-/m1/s1. The first-order valence-corrected chi connectivity index (χ1v) is 9.98. The number of rotatable bonds is 2. The molecule has 0 aromatic carbocycles. The number of hydrogen-bond donors (Lipinski definition) is 1. The molecule has 33 heavy (non-hydrogen) atoms. The number of fused-ring (bicyclic) bond motifs is 4. The van der Waals surface area contributed by atoms with Crippen molar-refractivity contribution in [1.82, 2.24) is 29.2 Å². The van der Waals surface area contributed by atoms with Gasteiger partial charge < -0.3 is 15.4 Å². The summed E-state index contributed by atoms with van der Waals surface area (Å²) in [6.45, 7) is 1.78. The third kappa shape index (κ3) is 3.42. The molecular formula is C21H18F3N7O2. The highest BCUT2D eigenvalue weighted by Gasteiger charge is 2.37. The molecule has 5 rings (SSSR count). The molecule has 1 aliphatic heterocycles. The third-order valence-corrected chi connectivity index (χ3v) is 5.83. The molecule has 0 spiro atoms. The van der Waals surface area contributed by atoms with Gasteiger partial charge >= 0.3 is 6.18 Å². The molecule has 2 N–H and O–H groups in total. The quantitative estimate of drug-likeness (QED) is 0.492. The lowest BCUT2D eigenvalue weighted by Crippen LogP contribution is -2.37. The highest BCUT2D eigenvalue weighted by atomic mass is 19.4. The highest BCUT2D eigenvalue weighted by molar-refractivity contribution is 5.96. The van der Waals surface area contributed by atoms with E-state index in [-0.39, 0.29) is 18.1 Å². The number of nitrogens with zero attached hydrogens (tertiary/aromatic N) is 6. The molecule has 5 heterocycles. The highest BCUT2D eigenvalue weighted by Crippen LogP contribution is 2.38. The lowest BCUT2D eigenvalue weighted by Gasteiger charge is -2.35. The van der Waals surface area contributed by atoms with E-state index in [9.17, 15) is 18.0 Å². The number of anilines is 1. The maximum atomic E-state index is 13.3. The summed E-state index contributed by atoms with van der Waals surface area (Å²) in [6.07, 6.45) is 0.597. The van der Waals surface area contributed by atoms with Crippen LogP contribution in [0.15, 0.2) is 37.1 Å². The molecule has 0 saturated carbocycles. The molecule has 0 radical (unpaired) electrons. The van der Waals surface area contributed by atoms with Gasteiger partial charge in [-0.05, 0) is 24.6 Å². The van der Waals surface area contributed by atoms with E-state index in [2.05, 4.69) is 19.9 Å². The zero-order valence-corrected chi connectivity index (χ0v) is 17.5. The van der Waals surface area contributed by atoms with Gasteiger partial charge in [0, 0.05) is 18.8 Å². The molecule has 0 fully saturated rings. The Kier molecular flexibility index (Phi) is 4.71. The minimum atomic E-state index is -4.57. The Morgan fingerprint density at radius 2 is 1.97 bits per heavy atom. The van der Waals surface area contributed by atoms with E-state index in [0.717, 1.165) is 6.07 Å². The number of amides is 1. The van der Waals surface area contributed by atoms with Crippen molar-refractivity contribution in [2.24, 2.45) is 0 Å². The van der Waals surface area contributed by atoms with Crippen LogP contribution in [0.3, 0.4) is 0 Å². The van der Waals surface area contributed by atoms with Crippen molar-refractivity contribution in [3.8, 4) is 0 Å². The molecule has 0 aliphatic carbocycles. The number of aromatic nitrogens is 5. The fourth-order valence-corrected chi connectivity index (χ4v) is 4.02. The zero-order valence-electron chi connectivity index (χ0n) is 17.5. The SMILES string of the molecule is C[C@H]1OC[C@@H](N(C)C(=O)c2cc3c(cn2)nc(N)c2cncn23)c2cnc(C(F)(F)F)cc21. The molecule has 4 aromatic heterocycles. The number of ether oxygens (including phenoxy) is 1. The van der Waals surface area contributed by atoms with Gasteiger partial charge in [0.05, 0.1) is 43.0 Å². The van der Waals surface area contributed by atoms with Gasteiger partial charge in [0.15, 0.2) is 0 Å². The van der Waals surface area contributed by atoms with Crippen LogP contribution < -0.4 is 5.73 Å². The molecular weight excluding hydrogens is 439 g/mol. The summed E-state index contributed by atoms with van der Waals surface area (Å²) in [6, 6.07) is 1.92. The van der Waals surface area contributed by atoms with E-state index in [0.29, 0.717) is 27.7 Å². The Hall–Kier alpha value is -3.80.